The lowest BCUT2D eigenvalue weighted by molar-refractivity contribution is 0.283. The Balaban J connectivity index is 2.01. The Labute approximate surface area is 103 Å². The highest BCUT2D eigenvalue weighted by Gasteiger charge is 2.20. The van der Waals surface area contributed by atoms with Crippen molar-refractivity contribution in [3.05, 3.63) is 34.2 Å². The first kappa shape index (κ1) is 12.4. The van der Waals surface area contributed by atoms with Gasteiger partial charge in [0.25, 0.3) is 5.56 Å². The van der Waals surface area contributed by atoms with Crippen LogP contribution in [0.4, 0.5) is 0 Å². The van der Waals surface area contributed by atoms with Crippen molar-refractivity contribution in [3.8, 4) is 0 Å². The van der Waals surface area contributed by atoms with E-state index < -0.39 is 0 Å². The van der Waals surface area contributed by atoms with Crippen LogP contribution in [-0.2, 0) is 6.54 Å². The van der Waals surface area contributed by atoms with E-state index in [4.69, 9.17) is 5.73 Å². The number of hydrogen-bond donors (Lipinski definition) is 1. The minimum atomic E-state index is 0.0660. The Morgan fingerprint density at radius 2 is 2.12 bits per heavy atom. The summed E-state index contributed by atoms with van der Waals surface area (Å²) in [5, 5.41) is 0. The molecule has 0 spiro atoms. The molecule has 1 aliphatic rings. The van der Waals surface area contributed by atoms with Gasteiger partial charge in [-0.2, -0.15) is 0 Å². The Morgan fingerprint density at radius 3 is 2.76 bits per heavy atom. The fourth-order valence-electron chi connectivity index (χ4n) is 2.70. The highest BCUT2D eigenvalue weighted by Crippen LogP contribution is 2.25. The van der Waals surface area contributed by atoms with E-state index in [1.807, 2.05) is 19.2 Å². The first-order valence-electron chi connectivity index (χ1n) is 6.59. The molecular weight excluding hydrogens is 212 g/mol. The largest absolute Gasteiger partial charge is 0.326 e. The molecule has 1 unspecified atom stereocenters. The fraction of sp³-hybridized carbons (Fsp3) is 0.643. The van der Waals surface area contributed by atoms with E-state index in [1.54, 1.807) is 10.6 Å². The zero-order valence-electron chi connectivity index (χ0n) is 10.6. The number of pyridine rings is 1. The highest BCUT2D eigenvalue weighted by molar-refractivity contribution is 5.08. The maximum atomic E-state index is 11.8. The number of hydrogen-bond acceptors (Lipinski definition) is 2. The van der Waals surface area contributed by atoms with Crippen LogP contribution in [0.3, 0.4) is 0 Å². The molecule has 1 atom stereocenters. The van der Waals surface area contributed by atoms with Gasteiger partial charge in [0.05, 0.1) is 0 Å². The van der Waals surface area contributed by atoms with Crippen molar-refractivity contribution in [3.63, 3.8) is 0 Å². The lowest BCUT2D eigenvalue weighted by atomic mass is 9.84. The second kappa shape index (κ2) is 5.50. The molecule has 17 heavy (non-hydrogen) atoms. The number of rotatable bonds is 3. The van der Waals surface area contributed by atoms with E-state index in [9.17, 15) is 4.79 Å². The van der Waals surface area contributed by atoms with Gasteiger partial charge in [-0.15, -0.1) is 0 Å². The minimum Gasteiger partial charge on any atom is -0.326 e. The molecule has 0 amide bonds. The van der Waals surface area contributed by atoms with Crippen LogP contribution >= 0.6 is 0 Å². The molecule has 3 heteroatoms. The summed E-state index contributed by atoms with van der Waals surface area (Å²) in [6.45, 7) is 2.59. The fourth-order valence-corrected chi connectivity index (χ4v) is 2.70. The third-order valence-corrected chi connectivity index (χ3v) is 3.81. The molecule has 2 N–H and O–H groups in total. The molecule has 1 aromatic rings. The Kier molecular flexibility index (Phi) is 4.00. The third kappa shape index (κ3) is 3.19. The third-order valence-electron chi connectivity index (χ3n) is 3.81. The maximum Gasteiger partial charge on any atom is 0.250 e. The van der Waals surface area contributed by atoms with Crippen molar-refractivity contribution >= 4 is 0 Å². The second-order valence-corrected chi connectivity index (χ2v) is 5.26. The van der Waals surface area contributed by atoms with Gasteiger partial charge in [-0.25, -0.2) is 0 Å². The standard InChI is InChI=1S/C14H22N2O/c1-11-7-8-16(14(17)9-11)10-13(15)12-5-3-2-4-6-12/h7-9,12-13H,2-6,10,15H2,1H3. The highest BCUT2D eigenvalue weighted by atomic mass is 16.1. The molecule has 1 fully saturated rings. The zero-order chi connectivity index (χ0) is 12.3. The number of aromatic nitrogens is 1. The van der Waals surface area contributed by atoms with E-state index >= 15 is 0 Å². The molecule has 0 saturated heterocycles. The summed E-state index contributed by atoms with van der Waals surface area (Å²) in [6, 6.07) is 3.76. The molecule has 94 valence electrons. The van der Waals surface area contributed by atoms with Gasteiger partial charge in [0.15, 0.2) is 0 Å². The van der Waals surface area contributed by atoms with Gasteiger partial charge in [0, 0.05) is 24.8 Å². The Morgan fingerprint density at radius 1 is 1.41 bits per heavy atom. The van der Waals surface area contributed by atoms with Crippen molar-refractivity contribution in [2.75, 3.05) is 0 Å². The van der Waals surface area contributed by atoms with Crippen LogP contribution in [0.15, 0.2) is 23.1 Å². The molecule has 1 aliphatic carbocycles. The van der Waals surface area contributed by atoms with E-state index in [1.165, 1.54) is 32.1 Å². The van der Waals surface area contributed by atoms with E-state index in [-0.39, 0.29) is 11.6 Å². The monoisotopic (exact) mass is 234 g/mol. The number of aryl methyl sites for hydroxylation is 1. The average Bonchev–Trinajstić information content (AvgIpc) is 2.34. The predicted molar refractivity (Wildman–Crippen MR) is 70.0 cm³/mol. The molecule has 0 aromatic carbocycles. The van der Waals surface area contributed by atoms with Crippen LogP contribution in [0.1, 0.15) is 37.7 Å². The second-order valence-electron chi connectivity index (χ2n) is 5.26. The van der Waals surface area contributed by atoms with Gasteiger partial charge in [0.2, 0.25) is 0 Å². The summed E-state index contributed by atoms with van der Waals surface area (Å²) < 4.78 is 1.74. The molecule has 1 aromatic heterocycles. The summed E-state index contributed by atoms with van der Waals surface area (Å²) in [6.07, 6.45) is 8.24. The van der Waals surface area contributed by atoms with Crippen LogP contribution in [0.25, 0.3) is 0 Å². The van der Waals surface area contributed by atoms with Gasteiger partial charge in [-0.1, -0.05) is 19.3 Å². The van der Waals surface area contributed by atoms with Crippen LogP contribution in [0, 0.1) is 12.8 Å². The van der Waals surface area contributed by atoms with Crippen molar-refractivity contribution in [2.45, 2.75) is 51.6 Å². The van der Waals surface area contributed by atoms with Crippen molar-refractivity contribution in [2.24, 2.45) is 11.7 Å². The summed E-state index contributed by atoms with van der Waals surface area (Å²) >= 11 is 0. The lowest BCUT2D eigenvalue weighted by Crippen LogP contribution is -2.38. The Bertz CT molecular complexity index is 418. The van der Waals surface area contributed by atoms with Crippen LogP contribution in [0.5, 0.6) is 0 Å². The van der Waals surface area contributed by atoms with E-state index in [2.05, 4.69) is 0 Å². The molecule has 0 aliphatic heterocycles. The summed E-state index contributed by atoms with van der Waals surface area (Å²) in [4.78, 5) is 11.8. The lowest BCUT2D eigenvalue weighted by Gasteiger charge is -2.27. The first-order valence-corrected chi connectivity index (χ1v) is 6.59. The molecule has 1 heterocycles. The summed E-state index contributed by atoms with van der Waals surface area (Å²) in [7, 11) is 0. The van der Waals surface area contributed by atoms with Crippen molar-refractivity contribution in [1.29, 1.82) is 0 Å². The van der Waals surface area contributed by atoms with Gasteiger partial charge in [-0.3, -0.25) is 4.79 Å². The SMILES string of the molecule is Cc1ccn(CC(N)C2CCCCC2)c(=O)c1. The first-order chi connectivity index (χ1) is 8.16. The molecule has 3 nitrogen and oxygen atoms in total. The van der Waals surface area contributed by atoms with E-state index in [0.29, 0.717) is 12.5 Å². The van der Waals surface area contributed by atoms with Gasteiger partial charge in [-0.05, 0) is 37.3 Å². The van der Waals surface area contributed by atoms with Crippen LogP contribution in [-0.4, -0.2) is 10.6 Å². The quantitative estimate of drug-likeness (QED) is 0.870. The minimum absolute atomic E-state index is 0.0660. The van der Waals surface area contributed by atoms with Gasteiger partial charge < -0.3 is 10.3 Å². The molecule has 0 radical (unpaired) electrons. The average molecular weight is 234 g/mol. The van der Waals surface area contributed by atoms with Crippen LogP contribution in [0.2, 0.25) is 0 Å². The molecule has 1 saturated carbocycles. The normalized spacial score (nSPS) is 19.2. The van der Waals surface area contributed by atoms with Crippen molar-refractivity contribution in [1.82, 2.24) is 4.57 Å². The molecule has 0 bridgehead atoms. The predicted octanol–water partition coefficient (Wildman–Crippen LogP) is 2.06. The maximum absolute atomic E-state index is 11.8. The van der Waals surface area contributed by atoms with Crippen molar-refractivity contribution < 1.29 is 0 Å². The zero-order valence-corrected chi connectivity index (χ0v) is 10.6. The summed E-state index contributed by atoms with van der Waals surface area (Å²) in [5.41, 5.74) is 7.31. The topological polar surface area (TPSA) is 48.0 Å². The molecular formula is C14H22N2O. The van der Waals surface area contributed by atoms with Crippen LogP contribution < -0.4 is 11.3 Å². The van der Waals surface area contributed by atoms with E-state index in [0.717, 1.165) is 5.56 Å². The number of nitrogens with zero attached hydrogens (tertiary/aromatic N) is 1. The van der Waals surface area contributed by atoms with Gasteiger partial charge in [0.1, 0.15) is 0 Å². The van der Waals surface area contributed by atoms with Gasteiger partial charge >= 0.3 is 0 Å². The molecule has 2 rings (SSSR count). The summed E-state index contributed by atoms with van der Waals surface area (Å²) in [5.74, 6) is 0.594. The smallest absolute Gasteiger partial charge is 0.250 e. The Hall–Kier alpha value is -1.09. The number of nitrogens with two attached hydrogens (primary N) is 1.